The van der Waals surface area contributed by atoms with E-state index in [9.17, 15) is 4.79 Å². The summed E-state index contributed by atoms with van der Waals surface area (Å²) in [6.07, 6.45) is 2.76. The van der Waals surface area contributed by atoms with Crippen molar-refractivity contribution in [3.05, 3.63) is 59.8 Å². The fraction of sp³-hybridized carbons (Fsp3) is 0.458. The fourth-order valence-corrected chi connectivity index (χ4v) is 3.45. The topological polar surface area (TPSA) is 72.9 Å². The highest BCUT2D eigenvalue weighted by Crippen LogP contribution is 2.13. The van der Waals surface area contributed by atoms with E-state index in [2.05, 4.69) is 45.3 Å². The van der Waals surface area contributed by atoms with Gasteiger partial charge in [0.05, 0.1) is 6.54 Å². The zero-order valence-electron chi connectivity index (χ0n) is 19.3. The van der Waals surface area contributed by atoms with Crippen LogP contribution < -0.4 is 15.5 Å². The average molecular weight is 550 g/mol. The van der Waals surface area contributed by atoms with E-state index in [0.29, 0.717) is 12.1 Å². The molecule has 32 heavy (non-hydrogen) atoms. The van der Waals surface area contributed by atoms with Gasteiger partial charge in [0, 0.05) is 50.5 Å². The molecule has 8 heteroatoms. The zero-order valence-corrected chi connectivity index (χ0v) is 21.6. The summed E-state index contributed by atoms with van der Waals surface area (Å²) >= 11 is 0. The number of hydrogen-bond acceptors (Lipinski definition) is 4. The molecule has 2 N–H and O–H groups in total. The quantitative estimate of drug-likeness (QED) is 0.314. The minimum absolute atomic E-state index is 0. The van der Waals surface area contributed by atoms with Crippen LogP contribution in [-0.4, -0.2) is 60.5 Å². The van der Waals surface area contributed by atoms with Gasteiger partial charge >= 0.3 is 0 Å². The molecular weight excluding hydrogens is 515 g/mol. The molecule has 7 nitrogen and oxygen atoms in total. The molecule has 1 unspecified atom stereocenters. The van der Waals surface area contributed by atoms with Gasteiger partial charge in [-0.3, -0.25) is 4.79 Å². The summed E-state index contributed by atoms with van der Waals surface area (Å²) in [6.45, 7) is 11.2. The molecule has 1 aliphatic heterocycles. The number of carbonyl (C=O) groups is 1. The molecule has 1 aliphatic rings. The second kappa shape index (κ2) is 13.2. The Balaban J connectivity index is 0.00000363. The first-order chi connectivity index (χ1) is 15.1. The van der Waals surface area contributed by atoms with Crippen molar-refractivity contribution in [3.63, 3.8) is 0 Å². The Morgan fingerprint density at radius 1 is 1.09 bits per heavy atom. The number of guanidine groups is 1. The fourth-order valence-electron chi connectivity index (χ4n) is 3.45. The summed E-state index contributed by atoms with van der Waals surface area (Å²) in [5.41, 5.74) is 1.77. The number of aliphatic imine (C=N–C) groups is 1. The summed E-state index contributed by atoms with van der Waals surface area (Å²) in [5.74, 6) is 1.94. The van der Waals surface area contributed by atoms with Gasteiger partial charge in [0.2, 0.25) is 0 Å². The third-order valence-corrected chi connectivity index (χ3v) is 5.50. The summed E-state index contributed by atoms with van der Waals surface area (Å²) in [7, 11) is 0. The molecule has 2 heterocycles. The van der Waals surface area contributed by atoms with Crippen molar-refractivity contribution in [2.24, 2.45) is 4.99 Å². The number of nitrogens with zero attached hydrogens (tertiary/aromatic N) is 4. The first-order valence-electron chi connectivity index (χ1n) is 11.2. The van der Waals surface area contributed by atoms with Crippen LogP contribution in [0.4, 0.5) is 5.82 Å². The van der Waals surface area contributed by atoms with E-state index in [1.165, 1.54) is 0 Å². The van der Waals surface area contributed by atoms with Gasteiger partial charge in [-0.05, 0) is 50.1 Å². The van der Waals surface area contributed by atoms with Gasteiger partial charge in [-0.1, -0.05) is 25.1 Å². The largest absolute Gasteiger partial charge is 0.357 e. The van der Waals surface area contributed by atoms with Crippen molar-refractivity contribution < 1.29 is 4.79 Å². The van der Waals surface area contributed by atoms with Crippen LogP contribution in [0.3, 0.4) is 0 Å². The van der Waals surface area contributed by atoms with Crippen molar-refractivity contribution in [1.29, 1.82) is 0 Å². The molecule has 3 rings (SSSR count). The highest BCUT2D eigenvalue weighted by atomic mass is 127. The molecule has 1 aromatic carbocycles. The molecular formula is C24H35IN6O. The maximum atomic E-state index is 12.2. The van der Waals surface area contributed by atoms with Crippen LogP contribution in [0.15, 0.2) is 53.7 Å². The van der Waals surface area contributed by atoms with E-state index >= 15 is 0 Å². The molecule has 1 amide bonds. The van der Waals surface area contributed by atoms with E-state index in [4.69, 9.17) is 4.99 Å². The first kappa shape index (κ1) is 25.9. The van der Waals surface area contributed by atoms with Crippen molar-refractivity contribution in [3.8, 4) is 0 Å². The maximum Gasteiger partial charge on any atom is 0.251 e. The minimum Gasteiger partial charge on any atom is -0.357 e. The van der Waals surface area contributed by atoms with Crippen LogP contribution >= 0.6 is 24.0 Å². The molecule has 1 aromatic heterocycles. The number of halogens is 1. The van der Waals surface area contributed by atoms with Crippen molar-refractivity contribution >= 4 is 41.7 Å². The summed E-state index contributed by atoms with van der Waals surface area (Å²) in [4.78, 5) is 26.2. The molecule has 1 fully saturated rings. The lowest BCUT2D eigenvalue weighted by Crippen LogP contribution is -2.52. The number of benzene rings is 1. The Hall–Kier alpha value is -2.36. The Kier molecular flexibility index (Phi) is 10.7. The lowest BCUT2D eigenvalue weighted by molar-refractivity contribution is 0.0939. The molecule has 0 aliphatic carbocycles. The van der Waals surface area contributed by atoms with Crippen LogP contribution in [0, 0.1) is 0 Å². The normalized spacial score (nSPS) is 15.0. The van der Waals surface area contributed by atoms with Gasteiger partial charge in [-0.2, -0.15) is 0 Å². The molecule has 1 saturated heterocycles. The number of rotatable bonds is 7. The molecule has 1 atom stereocenters. The lowest BCUT2D eigenvalue weighted by atomic mass is 10.1. The Morgan fingerprint density at radius 3 is 2.41 bits per heavy atom. The second-order valence-electron chi connectivity index (χ2n) is 7.81. The molecule has 0 spiro atoms. The number of piperazine rings is 1. The smallest absolute Gasteiger partial charge is 0.251 e. The Labute approximate surface area is 208 Å². The SMILES string of the molecule is CCNC(=NCc1ccc(C(=O)NC(C)CC)cc1)N1CCN(c2ccccn2)CC1.I. The summed E-state index contributed by atoms with van der Waals surface area (Å²) in [6, 6.07) is 13.9. The molecule has 2 aromatic rings. The van der Waals surface area contributed by atoms with E-state index in [0.717, 1.165) is 56.5 Å². The number of amides is 1. The number of anilines is 1. The van der Waals surface area contributed by atoms with Gasteiger partial charge in [-0.25, -0.2) is 9.98 Å². The molecule has 0 bridgehead atoms. The maximum absolute atomic E-state index is 12.2. The number of pyridine rings is 1. The third kappa shape index (κ3) is 7.36. The van der Waals surface area contributed by atoms with Crippen molar-refractivity contribution in [2.75, 3.05) is 37.6 Å². The second-order valence-corrected chi connectivity index (χ2v) is 7.81. The van der Waals surface area contributed by atoms with Gasteiger partial charge < -0.3 is 20.4 Å². The number of aromatic nitrogens is 1. The van der Waals surface area contributed by atoms with Gasteiger partial charge in [0.25, 0.3) is 5.91 Å². The zero-order chi connectivity index (χ0) is 22.1. The van der Waals surface area contributed by atoms with E-state index in [1.54, 1.807) is 0 Å². The van der Waals surface area contributed by atoms with E-state index in [1.807, 2.05) is 49.5 Å². The van der Waals surface area contributed by atoms with E-state index in [-0.39, 0.29) is 35.9 Å². The summed E-state index contributed by atoms with van der Waals surface area (Å²) in [5, 5.41) is 6.41. The van der Waals surface area contributed by atoms with Crippen molar-refractivity contribution in [1.82, 2.24) is 20.5 Å². The minimum atomic E-state index is -0.0245. The van der Waals surface area contributed by atoms with Crippen LogP contribution in [0.2, 0.25) is 0 Å². The third-order valence-electron chi connectivity index (χ3n) is 5.50. The average Bonchev–Trinajstić information content (AvgIpc) is 2.82. The Morgan fingerprint density at radius 2 is 1.81 bits per heavy atom. The summed E-state index contributed by atoms with van der Waals surface area (Å²) < 4.78 is 0. The monoisotopic (exact) mass is 550 g/mol. The number of carbonyl (C=O) groups excluding carboxylic acids is 1. The van der Waals surface area contributed by atoms with Gasteiger partial charge in [-0.15, -0.1) is 24.0 Å². The molecule has 0 saturated carbocycles. The predicted octanol–water partition coefficient (Wildman–Crippen LogP) is 3.52. The number of nitrogens with one attached hydrogen (secondary N) is 2. The van der Waals surface area contributed by atoms with Crippen LogP contribution in [0.25, 0.3) is 0 Å². The molecule has 174 valence electrons. The highest BCUT2D eigenvalue weighted by molar-refractivity contribution is 14.0. The van der Waals surface area contributed by atoms with E-state index < -0.39 is 0 Å². The van der Waals surface area contributed by atoms with Crippen LogP contribution in [0.1, 0.15) is 43.1 Å². The van der Waals surface area contributed by atoms with Crippen LogP contribution in [-0.2, 0) is 6.54 Å². The van der Waals surface area contributed by atoms with Crippen molar-refractivity contribution in [2.45, 2.75) is 39.8 Å². The molecule has 0 radical (unpaired) electrons. The number of hydrogen-bond donors (Lipinski definition) is 2. The van der Waals surface area contributed by atoms with Crippen LogP contribution in [0.5, 0.6) is 0 Å². The van der Waals surface area contributed by atoms with Gasteiger partial charge in [0.1, 0.15) is 5.82 Å². The standard InChI is InChI=1S/C24H34N6O.HI/c1-4-19(3)28-23(31)21-11-9-20(10-12-21)18-27-24(25-5-2)30-16-14-29(15-17-30)22-8-6-7-13-26-22;/h6-13,19H,4-5,14-18H2,1-3H3,(H,25,27)(H,28,31);1H. The van der Waals surface area contributed by atoms with Gasteiger partial charge in [0.15, 0.2) is 5.96 Å². The first-order valence-corrected chi connectivity index (χ1v) is 11.2. The lowest BCUT2D eigenvalue weighted by Gasteiger charge is -2.37. The Bertz CT molecular complexity index is 851. The highest BCUT2D eigenvalue weighted by Gasteiger charge is 2.20. The predicted molar refractivity (Wildman–Crippen MR) is 142 cm³/mol.